The molecule has 0 atom stereocenters. The maximum absolute atomic E-state index is 12.0. The summed E-state index contributed by atoms with van der Waals surface area (Å²) in [5.74, 6) is 0. The van der Waals surface area contributed by atoms with Crippen LogP contribution in [0.1, 0.15) is 40.5 Å². The van der Waals surface area contributed by atoms with Gasteiger partial charge in [-0.1, -0.05) is 39.5 Å². The van der Waals surface area contributed by atoms with Crippen LogP contribution in [0.15, 0.2) is 0 Å². The number of amides is 2. The smallest absolute Gasteiger partial charge is 0.321 e. The van der Waals surface area contributed by atoms with Crippen molar-refractivity contribution in [3.05, 3.63) is 0 Å². The highest BCUT2D eigenvalue weighted by Gasteiger charge is 2.29. The van der Waals surface area contributed by atoms with Gasteiger partial charge in [-0.15, -0.1) is 0 Å². The van der Waals surface area contributed by atoms with E-state index in [9.17, 15) is 4.79 Å². The molecule has 16 heavy (non-hydrogen) atoms. The van der Waals surface area contributed by atoms with Crippen molar-refractivity contribution in [2.24, 2.45) is 0 Å². The van der Waals surface area contributed by atoms with E-state index in [2.05, 4.69) is 32.8 Å². The van der Waals surface area contributed by atoms with Gasteiger partial charge in [0.05, 0.1) is 0 Å². The van der Waals surface area contributed by atoms with E-state index in [0.29, 0.717) is 11.3 Å². The molecule has 0 spiro atoms. The molecule has 3 nitrogen and oxygen atoms in total. The number of rotatable bonds is 3. The molecule has 1 heterocycles. The first-order valence-corrected chi connectivity index (χ1v) is 8.98. The van der Waals surface area contributed by atoms with Crippen molar-refractivity contribution in [2.75, 3.05) is 13.1 Å². The van der Waals surface area contributed by atoms with Gasteiger partial charge in [0.2, 0.25) is 0 Å². The van der Waals surface area contributed by atoms with Crippen molar-refractivity contribution in [3.8, 4) is 0 Å². The molecule has 2 amide bonds. The van der Waals surface area contributed by atoms with Crippen molar-refractivity contribution in [1.82, 2.24) is 9.99 Å². The second-order valence-corrected chi connectivity index (χ2v) is 10.5. The molecule has 0 aromatic rings. The molecule has 0 bridgehead atoms. The van der Waals surface area contributed by atoms with Crippen LogP contribution in [0.4, 0.5) is 4.79 Å². The second-order valence-electron chi connectivity index (χ2n) is 5.01. The Morgan fingerprint density at radius 3 is 2.00 bits per heavy atom. The summed E-state index contributed by atoms with van der Waals surface area (Å²) in [6, 6.07) is 0.0585. The zero-order valence-corrected chi connectivity index (χ0v) is 12.4. The summed E-state index contributed by atoms with van der Waals surface area (Å²) in [5.41, 5.74) is 0.739. The molecule has 0 saturated carbocycles. The highest BCUT2D eigenvalue weighted by atomic mass is 32.4. The van der Waals surface area contributed by atoms with Crippen molar-refractivity contribution in [3.63, 3.8) is 0 Å². The summed E-state index contributed by atoms with van der Waals surface area (Å²) in [4.78, 5) is 13.9. The van der Waals surface area contributed by atoms with E-state index in [1.165, 1.54) is 0 Å². The minimum absolute atomic E-state index is 0.0585. The molecule has 1 N–H and O–H groups in total. The SMILES string of the molecule is CC(C)P(=S)(NC(=O)N1CCCC1)C(C)C. The van der Waals surface area contributed by atoms with Crippen LogP contribution in [0.3, 0.4) is 0 Å². The number of nitrogens with zero attached hydrogens (tertiary/aromatic N) is 1. The van der Waals surface area contributed by atoms with E-state index in [1.54, 1.807) is 0 Å². The standard InChI is InChI=1S/C11H23N2OPS/c1-9(2)15(16,10(3)4)12-11(14)13-7-5-6-8-13/h9-10H,5-8H2,1-4H3,(H,12,14,16). The Labute approximate surface area is 104 Å². The highest BCUT2D eigenvalue weighted by molar-refractivity contribution is 8.14. The Hall–Kier alpha value is -0.0800. The van der Waals surface area contributed by atoms with Gasteiger partial charge in [0.15, 0.2) is 0 Å². The number of likely N-dealkylation sites (tertiary alicyclic amines) is 1. The molecule has 5 heteroatoms. The molecular formula is C11H23N2OPS. The number of carbonyl (C=O) groups excluding carboxylic acids is 1. The Bertz CT molecular complexity index is 286. The molecule has 0 aromatic heterocycles. The lowest BCUT2D eigenvalue weighted by Gasteiger charge is -2.32. The van der Waals surface area contributed by atoms with Gasteiger partial charge in [-0.2, -0.15) is 0 Å². The number of hydrogen-bond acceptors (Lipinski definition) is 2. The van der Waals surface area contributed by atoms with Crippen LogP contribution < -0.4 is 5.09 Å². The first-order valence-electron chi connectivity index (χ1n) is 6.04. The van der Waals surface area contributed by atoms with Gasteiger partial charge < -0.3 is 9.99 Å². The van der Waals surface area contributed by atoms with Gasteiger partial charge in [-0.05, 0) is 24.2 Å². The topological polar surface area (TPSA) is 32.3 Å². The van der Waals surface area contributed by atoms with Gasteiger partial charge in [-0.3, -0.25) is 0 Å². The zero-order valence-electron chi connectivity index (χ0n) is 10.7. The van der Waals surface area contributed by atoms with E-state index in [0.717, 1.165) is 25.9 Å². The van der Waals surface area contributed by atoms with Crippen LogP contribution in [0.25, 0.3) is 0 Å². The molecule has 1 rings (SSSR count). The molecule has 1 saturated heterocycles. The van der Waals surface area contributed by atoms with Crippen molar-refractivity contribution < 1.29 is 4.79 Å². The van der Waals surface area contributed by atoms with E-state index >= 15 is 0 Å². The lowest BCUT2D eigenvalue weighted by molar-refractivity contribution is 0.215. The van der Waals surface area contributed by atoms with E-state index in [4.69, 9.17) is 11.8 Å². The largest absolute Gasteiger partial charge is 0.325 e. The van der Waals surface area contributed by atoms with E-state index < -0.39 is 6.19 Å². The van der Waals surface area contributed by atoms with Gasteiger partial charge in [0.25, 0.3) is 0 Å². The van der Waals surface area contributed by atoms with Crippen molar-refractivity contribution in [1.29, 1.82) is 0 Å². The van der Waals surface area contributed by atoms with Crippen LogP contribution in [-0.4, -0.2) is 35.3 Å². The summed E-state index contributed by atoms with van der Waals surface area (Å²) < 4.78 is 0. The second kappa shape index (κ2) is 5.50. The van der Waals surface area contributed by atoms with Gasteiger partial charge >= 0.3 is 6.03 Å². The number of nitrogens with one attached hydrogen (secondary N) is 1. The van der Waals surface area contributed by atoms with E-state index in [1.807, 2.05) is 4.90 Å². The summed E-state index contributed by atoms with van der Waals surface area (Å²) in [6.07, 6.45) is 0.470. The fraction of sp³-hybridized carbons (Fsp3) is 0.909. The maximum Gasteiger partial charge on any atom is 0.321 e. The summed E-state index contributed by atoms with van der Waals surface area (Å²) in [5, 5.41) is 3.15. The molecule has 1 aliphatic heterocycles. The van der Waals surface area contributed by atoms with E-state index in [-0.39, 0.29) is 6.03 Å². The number of carbonyl (C=O) groups is 1. The van der Waals surface area contributed by atoms with Crippen LogP contribution in [0.5, 0.6) is 0 Å². The van der Waals surface area contributed by atoms with Crippen LogP contribution >= 0.6 is 6.19 Å². The van der Waals surface area contributed by atoms with Gasteiger partial charge in [0.1, 0.15) is 0 Å². The predicted molar refractivity (Wildman–Crippen MR) is 73.9 cm³/mol. The third-order valence-electron chi connectivity index (χ3n) is 3.20. The average molecular weight is 262 g/mol. The third kappa shape index (κ3) is 2.98. The number of urea groups is 1. The van der Waals surface area contributed by atoms with Crippen LogP contribution in [0.2, 0.25) is 0 Å². The summed E-state index contributed by atoms with van der Waals surface area (Å²) >= 11 is 5.71. The van der Waals surface area contributed by atoms with Crippen molar-refractivity contribution >= 4 is 24.0 Å². The van der Waals surface area contributed by atoms with Crippen molar-refractivity contribution in [2.45, 2.75) is 51.9 Å². The summed E-state index contributed by atoms with van der Waals surface area (Å²) in [7, 11) is 0. The Balaban J connectivity index is 2.69. The lowest BCUT2D eigenvalue weighted by atomic mass is 10.4. The van der Waals surface area contributed by atoms with Crippen LogP contribution in [0, 0.1) is 0 Å². The monoisotopic (exact) mass is 262 g/mol. The zero-order chi connectivity index (χ0) is 12.3. The highest BCUT2D eigenvalue weighted by Crippen LogP contribution is 2.51. The minimum atomic E-state index is -1.78. The molecule has 0 radical (unpaired) electrons. The fourth-order valence-electron chi connectivity index (χ4n) is 1.99. The normalized spacial score (nSPS) is 17.2. The molecule has 0 aliphatic carbocycles. The average Bonchev–Trinajstić information content (AvgIpc) is 2.69. The van der Waals surface area contributed by atoms with Gasteiger partial charge in [0, 0.05) is 19.3 Å². The quantitative estimate of drug-likeness (QED) is 0.793. The predicted octanol–water partition coefficient (Wildman–Crippen LogP) is 3.00. The molecule has 0 unspecified atom stereocenters. The first kappa shape index (κ1) is 14.0. The maximum atomic E-state index is 12.0. The molecule has 0 aromatic carbocycles. The number of hydrogen-bond donors (Lipinski definition) is 1. The molecule has 1 fully saturated rings. The summed E-state index contributed by atoms with van der Waals surface area (Å²) in [6.45, 7) is 10.2. The molecule has 1 aliphatic rings. The first-order chi connectivity index (χ1) is 7.38. The molecule has 94 valence electrons. The lowest BCUT2D eigenvalue weighted by Crippen LogP contribution is -2.39. The fourth-order valence-corrected chi connectivity index (χ4v) is 4.38. The Morgan fingerprint density at radius 1 is 1.19 bits per heavy atom. The third-order valence-corrected chi connectivity index (χ3v) is 9.61. The minimum Gasteiger partial charge on any atom is -0.325 e. The molecular weight excluding hydrogens is 239 g/mol. The Morgan fingerprint density at radius 2 is 1.62 bits per heavy atom. The van der Waals surface area contributed by atoms with Crippen LogP contribution in [-0.2, 0) is 11.8 Å². The Kier molecular flexibility index (Phi) is 4.81. The van der Waals surface area contributed by atoms with Gasteiger partial charge in [-0.25, -0.2) is 4.79 Å².